The molecule has 0 aromatic heterocycles. The van der Waals surface area contributed by atoms with Crippen molar-refractivity contribution in [3.8, 4) is 6.07 Å². The van der Waals surface area contributed by atoms with Crippen LogP contribution >= 0.6 is 0 Å². The topological polar surface area (TPSA) is 62.1 Å². The summed E-state index contributed by atoms with van der Waals surface area (Å²) in [5.74, 6) is -0.815. The second-order valence-corrected chi connectivity index (χ2v) is 5.47. The van der Waals surface area contributed by atoms with Gasteiger partial charge in [-0.1, -0.05) is 24.3 Å². The van der Waals surface area contributed by atoms with Crippen molar-refractivity contribution in [2.45, 2.75) is 44.8 Å². The minimum Gasteiger partial charge on any atom is -0.374 e. The molecule has 1 aromatic carbocycles. The zero-order chi connectivity index (χ0) is 16.7. The average molecular weight is 316 g/mol. The zero-order valence-corrected chi connectivity index (χ0v) is 13.2. The highest BCUT2D eigenvalue weighted by Gasteiger charge is 2.23. The molecule has 0 radical (unpaired) electrons. The van der Waals surface area contributed by atoms with Crippen LogP contribution in [-0.4, -0.2) is 18.6 Å². The second kappa shape index (κ2) is 8.44. The summed E-state index contributed by atoms with van der Waals surface area (Å²) in [6, 6.07) is 6.91. The molecule has 5 heteroatoms. The normalized spacial score (nSPS) is 16.3. The molecule has 0 unspecified atom stereocenters. The van der Waals surface area contributed by atoms with Crippen molar-refractivity contribution in [2.75, 3.05) is 6.61 Å². The molecule has 0 bridgehead atoms. The maximum absolute atomic E-state index is 13.8. The molecule has 0 saturated heterocycles. The van der Waals surface area contributed by atoms with Crippen molar-refractivity contribution in [3.05, 3.63) is 47.3 Å². The van der Waals surface area contributed by atoms with E-state index in [9.17, 15) is 14.4 Å². The van der Waals surface area contributed by atoms with Gasteiger partial charge in [0.2, 0.25) is 5.91 Å². The summed E-state index contributed by atoms with van der Waals surface area (Å²) < 4.78 is 19.4. The third-order valence-electron chi connectivity index (χ3n) is 3.88. The quantitative estimate of drug-likeness (QED) is 0.784. The van der Waals surface area contributed by atoms with E-state index in [4.69, 9.17) is 4.74 Å². The fourth-order valence-electron chi connectivity index (χ4n) is 2.76. The molecule has 4 nitrogen and oxygen atoms in total. The van der Waals surface area contributed by atoms with Crippen molar-refractivity contribution >= 4 is 5.91 Å². The molecule has 1 amide bonds. The van der Waals surface area contributed by atoms with Gasteiger partial charge in [-0.25, -0.2) is 4.39 Å². The smallest absolute Gasteiger partial charge is 0.224 e. The van der Waals surface area contributed by atoms with Crippen LogP contribution in [0.5, 0.6) is 0 Å². The number of halogens is 1. The molecule has 2 rings (SSSR count). The number of carbonyl (C=O) groups is 1. The molecule has 122 valence electrons. The van der Waals surface area contributed by atoms with Crippen LogP contribution in [0.1, 0.15) is 44.2 Å². The molecule has 2 atom stereocenters. The fourth-order valence-corrected chi connectivity index (χ4v) is 2.76. The lowest BCUT2D eigenvalue weighted by Crippen LogP contribution is -2.32. The summed E-state index contributed by atoms with van der Waals surface area (Å²) in [6.07, 6.45) is 5.03. The van der Waals surface area contributed by atoms with Gasteiger partial charge < -0.3 is 10.1 Å². The number of benzene rings is 1. The number of rotatable bonds is 7. The molecule has 0 heterocycles. The Morgan fingerprint density at radius 2 is 2.26 bits per heavy atom. The van der Waals surface area contributed by atoms with Crippen LogP contribution in [0.3, 0.4) is 0 Å². The highest BCUT2D eigenvalue weighted by molar-refractivity contribution is 5.77. The van der Waals surface area contributed by atoms with Crippen molar-refractivity contribution in [1.82, 2.24) is 5.32 Å². The summed E-state index contributed by atoms with van der Waals surface area (Å²) in [6.45, 7) is 2.40. The Morgan fingerprint density at radius 1 is 1.48 bits per heavy atom. The minimum atomic E-state index is -0.997. The summed E-state index contributed by atoms with van der Waals surface area (Å²) in [7, 11) is 0. The van der Waals surface area contributed by atoms with Crippen LogP contribution in [0.4, 0.5) is 4.39 Å². The second-order valence-electron chi connectivity index (χ2n) is 5.47. The SMILES string of the molecule is CCO[C@@H](CC(=O)N[C@@H](C#N)c1ccccc1F)C1=CCCC1. The van der Waals surface area contributed by atoms with E-state index in [1.807, 2.05) is 13.0 Å². The van der Waals surface area contributed by atoms with Crippen LogP contribution in [0.25, 0.3) is 0 Å². The van der Waals surface area contributed by atoms with Gasteiger partial charge in [0.15, 0.2) is 0 Å². The molecule has 0 saturated carbocycles. The minimum absolute atomic E-state index is 0.145. The average Bonchev–Trinajstić information content (AvgIpc) is 3.07. The lowest BCUT2D eigenvalue weighted by atomic mass is 10.0. The monoisotopic (exact) mass is 316 g/mol. The Labute approximate surface area is 135 Å². The molecule has 0 fully saturated rings. The van der Waals surface area contributed by atoms with Crippen LogP contribution in [-0.2, 0) is 9.53 Å². The first kappa shape index (κ1) is 17.2. The lowest BCUT2D eigenvalue weighted by molar-refractivity contribution is -0.123. The molecule has 0 spiro atoms. The number of ether oxygens (including phenoxy) is 1. The Bertz CT molecular complexity index is 622. The summed E-state index contributed by atoms with van der Waals surface area (Å²) in [4.78, 5) is 12.2. The van der Waals surface area contributed by atoms with E-state index in [0.717, 1.165) is 24.8 Å². The third-order valence-corrected chi connectivity index (χ3v) is 3.88. The Balaban J connectivity index is 2.02. The van der Waals surface area contributed by atoms with E-state index in [1.165, 1.54) is 12.1 Å². The standard InChI is InChI=1S/C18H21FN2O2/c1-2-23-17(13-7-3-4-8-13)11-18(22)21-16(12-20)14-9-5-6-10-15(14)19/h5-7,9-10,16-17H,2-4,8,11H2,1H3,(H,21,22)/t16-,17-/m0/s1. The number of nitriles is 1. The van der Waals surface area contributed by atoms with E-state index in [1.54, 1.807) is 12.1 Å². The highest BCUT2D eigenvalue weighted by atomic mass is 19.1. The predicted octanol–water partition coefficient (Wildman–Crippen LogP) is 3.41. The van der Waals surface area contributed by atoms with E-state index < -0.39 is 11.9 Å². The van der Waals surface area contributed by atoms with Gasteiger partial charge >= 0.3 is 0 Å². The van der Waals surface area contributed by atoms with Crippen molar-refractivity contribution in [1.29, 1.82) is 5.26 Å². The number of hydrogen-bond donors (Lipinski definition) is 1. The first-order chi connectivity index (χ1) is 11.2. The van der Waals surface area contributed by atoms with E-state index >= 15 is 0 Å². The first-order valence-electron chi connectivity index (χ1n) is 7.89. The molecule has 1 aliphatic carbocycles. The van der Waals surface area contributed by atoms with Gasteiger partial charge in [-0.3, -0.25) is 4.79 Å². The maximum Gasteiger partial charge on any atom is 0.224 e. The third kappa shape index (κ3) is 4.64. The van der Waals surface area contributed by atoms with Gasteiger partial charge in [0.1, 0.15) is 11.9 Å². The molecule has 1 aromatic rings. The van der Waals surface area contributed by atoms with Gasteiger partial charge in [0, 0.05) is 12.2 Å². The van der Waals surface area contributed by atoms with Gasteiger partial charge in [-0.2, -0.15) is 5.26 Å². The summed E-state index contributed by atoms with van der Waals surface area (Å²) >= 11 is 0. The van der Waals surface area contributed by atoms with Crippen molar-refractivity contribution in [3.63, 3.8) is 0 Å². The van der Waals surface area contributed by atoms with Crippen LogP contribution < -0.4 is 5.32 Å². The van der Waals surface area contributed by atoms with Gasteiger partial charge in [0.25, 0.3) is 0 Å². The number of nitrogens with one attached hydrogen (secondary N) is 1. The largest absolute Gasteiger partial charge is 0.374 e. The first-order valence-corrected chi connectivity index (χ1v) is 7.89. The van der Waals surface area contributed by atoms with Crippen molar-refractivity contribution in [2.24, 2.45) is 0 Å². The maximum atomic E-state index is 13.8. The molecule has 0 aliphatic heterocycles. The lowest BCUT2D eigenvalue weighted by Gasteiger charge is -2.19. The van der Waals surface area contributed by atoms with Crippen LogP contribution in [0.15, 0.2) is 35.9 Å². The Kier molecular flexibility index (Phi) is 6.30. The number of allylic oxidation sites excluding steroid dienone is 1. The summed E-state index contributed by atoms with van der Waals surface area (Å²) in [5.41, 5.74) is 1.32. The summed E-state index contributed by atoms with van der Waals surface area (Å²) in [5, 5.41) is 11.8. The predicted molar refractivity (Wildman–Crippen MR) is 84.9 cm³/mol. The highest BCUT2D eigenvalue weighted by Crippen LogP contribution is 2.25. The molecular weight excluding hydrogens is 295 g/mol. The number of nitrogens with zero attached hydrogens (tertiary/aromatic N) is 1. The van der Waals surface area contributed by atoms with Crippen LogP contribution in [0.2, 0.25) is 0 Å². The molecular formula is C18H21FN2O2. The molecule has 23 heavy (non-hydrogen) atoms. The zero-order valence-electron chi connectivity index (χ0n) is 13.2. The molecule has 1 aliphatic rings. The van der Waals surface area contributed by atoms with E-state index in [-0.39, 0.29) is 24.0 Å². The van der Waals surface area contributed by atoms with E-state index in [0.29, 0.717) is 6.61 Å². The Morgan fingerprint density at radius 3 is 2.87 bits per heavy atom. The van der Waals surface area contributed by atoms with Crippen molar-refractivity contribution < 1.29 is 13.9 Å². The van der Waals surface area contributed by atoms with E-state index in [2.05, 4.69) is 11.4 Å². The Hall–Kier alpha value is -2.19. The number of amides is 1. The van der Waals surface area contributed by atoms with Gasteiger partial charge in [-0.15, -0.1) is 0 Å². The van der Waals surface area contributed by atoms with Gasteiger partial charge in [0.05, 0.1) is 18.6 Å². The molecule has 1 N–H and O–H groups in total. The van der Waals surface area contributed by atoms with Gasteiger partial charge in [-0.05, 0) is 37.8 Å². The number of carbonyl (C=O) groups excluding carboxylic acids is 1. The van der Waals surface area contributed by atoms with Crippen LogP contribution in [0, 0.1) is 17.1 Å². The fraction of sp³-hybridized carbons (Fsp3) is 0.444. The number of hydrogen-bond acceptors (Lipinski definition) is 3.